The Labute approximate surface area is 117 Å². The first-order valence-electron chi connectivity index (χ1n) is 6.60. The van der Waals surface area contributed by atoms with Gasteiger partial charge in [-0.3, -0.25) is 0 Å². The summed E-state index contributed by atoms with van der Waals surface area (Å²) < 4.78 is 5.01. The van der Waals surface area contributed by atoms with Gasteiger partial charge in [-0.1, -0.05) is 18.3 Å². The molecular weight excluding hydrogens is 264 g/mol. The van der Waals surface area contributed by atoms with Crippen LogP contribution in [-0.4, -0.2) is 41.9 Å². The number of rotatable bonds is 3. The van der Waals surface area contributed by atoms with Crippen LogP contribution in [0.5, 0.6) is 0 Å². The number of aliphatic hydroxyl groups is 1. The number of piperidine rings is 1. The Morgan fingerprint density at radius 3 is 3.00 bits per heavy atom. The highest BCUT2D eigenvalue weighted by Crippen LogP contribution is 2.30. The van der Waals surface area contributed by atoms with Crippen molar-refractivity contribution in [1.82, 2.24) is 4.98 Å². The molecule has 0 aliphatic carbocycles. The molecule has 0 aromatic carbocycles. The highest BCUT2D eigenvalue weighted by Gasteiger charge is 2.27. The molecule has 2 atom stereocenters. The second-order valence-electron chi connectivity index (χ2n) is 4.91. The van der Waals surface area contributed by atoms with Crippen molar-refractivity contribution in [3.05, 3.63) is 10.6 Å². The first-order chi connectivity index (χ1) is 9.02. The van der Waals surface area contributed by atoms with Gasteiger partial charge in [-0.15, -0.1) is 0 Å². The Hall–Kier alpha value is -1.14. The summed E-state index contributed by atoms with van der Waals surface area (Å²) in [4.78, 5) is 18.8. The van der Waals surface area contributed by atoms with Crippen LogP contribution in [0.2, 0.25) is 0 Å². The van der Waals surface area contributed by atoms with Crippen LogP contribution in [-0.2, 0) is 4.74 Å². The SMILES string of the molecule is CCOC(=O)c1sc(N2CCC(C)C(O)C2)nc1C. The van der Waals surface area contributed by atoms with E-state index in [1.807, 2.05) is 11.8 Å². The van der Waals surface area contributed by atoms with E-state index in [1.54, 1.807) is 6.92 Å². The van der Waals surface area contributed by atoms with E-state index in [0.29, 0.717) is 29.6 Å². The average molecular weight is 284 g/mol. The Balaban J connectivity index is 2.14. The van der Waals surface area contributed by atoms with E-state index >= 15 is 0 Å². The van der Waals surface area contributed by atoms with Crippen LogP contribution >= 0.6 is 11.3 Å². The number of carbonyl (C=O) groups is 1. The average Bonchev–Trinajstić information content (AvgIpc) is 2.75. The molecule has 0 spiro atoms. The molecule has 0 amide bonds. The first-order valence-corrected chi connectivity index (χ1v) is 7.42. The first kappa shape index (κ1) is 14.3. The van der Waals surface area contributed by atoms with Crippen molar-refractivity contribution in [1.29, 1.82) is 0 Å². The molecule has 106 valence electrons. The predicted molar refractivity (Wildman–Crippen MR) is 74.8 cm³/mol. The van der Waals surface area contributed by atoms with Crippen molar-refractivity contribution in [3.63, 3.8) is 0 Å². The number of carbonyl (C=O) groups excluding carboxylic acids is 1. The Morgan fingerprint density at radius 1 is 1.63 bits per heavy atom. The minimum Gasteiger partial charge on any atom is -0.462 e. The molecule has 1 aliphatic rings. The molecule has 0 saturated carbocycles. The van der Waals surface area contributed by atoms with Crippen LogP contribution in [0, 0.1) is 12.8 Å². The maximum atomic E-state index is 11.8. The second-order valence-corrected chi connectivity index (χ2v) is 5.89. The Bertz CT molecular complexity index is 461. The third-order valence-electron chi connectivity index (χ3n) is 3.44. The largest absolute Gasteiger partial charge is 0.462 e. The number of anilines is 1. The highest BCUT2D eigenvalue weighted by atomic mass is 32.1. The van der Waals surface area contributed by atoms with Crippen LogP contribution in [0.4, 0.5) is 5.13 Å². The number of β-amino-alcohol motifs (C(OH)–C–C–N with tert-alkyl or cyclic N) is 1. The fourth-order valence-corrected chi connectivity index (χ4v) is 3.12. The molecule has 1 aromatic heterocycles. The third-order valence-corrected chi connectivity index (χ3v) is 4.63. The Morgan fingerprint density at radius 2 is 2.37 bits per heavy atom. The smallest absolute Gasteiger partial charge is 0.350 e. The number of ether oxygens (including phenoxy) is 1. The summed E-state index contributed by atoms with van der Waals surface area (Å²) in [6.45, 7) is 7.47. The monoisotopic (exact) mass is 284 g/mol. The molecule has 1 fully saturated rings. The van der Waals surface area contributed by atoms with Crippen molar-refractivity contribution < 1.29 is 14.6 Å². The maximum Gasteiger partial charge on any atom is 0.350 e. The van der Waals surface area contributed by atoms with Crippen molar-refractivity contribution in [2.24, 2.45) is 5.92 Å². The summed E-state index contributed by atoms with van der Waals surface area (Å²) in [5, 5.41) is 10.7. The van der Waals surface area contributed by atoms with Crippen molar-refractivity contribution >= 4 is 22.4 Å². The minimum atomic E-state index is -0.330. The van der Waals surface area contributed by atoms with Crippen LogP contribution in [0.3, 0.4) is 0 Å². The number of nitrogens with zero attached hydrogens (tertiary/aromatic N) is 2. The van der Waals surface area contributed by atoms with Gasteiger partial charge in [-0.25, -0.2) is 9.78 Å². The van der Waals surface area contributed by atoms with Crippen LogP contribution < -0.4 is 4.90 Å². The number of thiazole rings is 1. The maximum absolute atomic E-state index is 11.8. The zero-order valence-corrected chi connectivity index (χ0v) is 12.4. The fraction of sp³-hybridized carbons (Fsp3) is 0.692. The number of hydrogen-bond donors (Lipinski definition) is 1. The topological polar surface area (TPSA) is 62.7 Å². The summed E-state index contributed by atoms with van der Waals surface area (Å²) in [5.74, 6) is 0.0107. The van der Waals surface area contributed by atoms with Gasteiger partial charge in [0.05, 0.1) is 18.4 Å². The lowest BCUT2D eigenvalue weighted by atomic mass is 9.96. The normalized spacial score (nSPS) is 23.5. The summed E-state index contributed by atoms with van der Waals surface area (Å²) in [7, 11) is 0. The highest BCUT2D eigenvalue weighted by molar-refractivity contribution is 7.17. The van der Waals surface area contributed by atoms with Crippen molar-refractivity contribution in [2.75, 3.05) is 24.6 Å². The van der Waals surface area contributed by atoms with Gasteiger partial charge in [-0.2, -0.15) is 0 Å². The molecule has 19 heavy (non-hydrogen) atoms. The van der Waals surface area contributed by atoms with E-state index in [2.05, 4.69) is 11.9 Å². The van der Waals surface area contributed by atoms with E-state index in [9.17, 15) is 9.90 Å². The summed E-state index contributed by atoms with van der Waals surface area (Å²) in [6.07, 6.45) is 0.609. The second kappa shape index (κ2) is 5.88. The van der Waals surface area contributed by atoms with Gasteiger partial charge in [0, 0.05) is 13.1 Å². The molecule has 1 saturated heterocycles. The van der Waals surface area contributed by atoms with Crippen molar-refractivity contribution in [2.45, 2.75) is 33.3 Å². The minimum absolute atomic E-state index is 0.310. The van der Waals surface area contributed by atoms with E-state index < -0.39 is 0 Å². The molecule has 5 nitrogen and oxygen atoms in total. The number of esters is 1. The summed E-state index contributed by atoms with van der Waals surface area (Å²) >= 11 is 1.35. The molecule has 2 rings (SSSR count). The molecule has 1 aromatic rings. The van der Waals surface area contributed by atoms with Crippen LogP contribution in [0.15, 0.2) is 0 Å². The summed E-state index contributed by atoms with van der Waals surface area (Å²) in [5.41, 5.74) is 0.701. The lowest BCUT2D eigenvalue weighted by molar-refractivity contribution is 0.0531. The standard InChI is InChI=1S/C13H20N2O3S/c1-4-18-12(17)11-9(3)14-13(19-11)15-6-5-8(2)10(16)7-15/h8,10,16H,4-7H2,1-3H3. The van der Waals surface area contributed by atoms with E-state index in [1.165, 1.54) is 11.3 Å². The number of aromatic nitrogens is 1. The lowest BCUT2D eigenvalue weighted by Gasteiger charge is -2.33. The van der Waals surface area contributed by atoms with Gasteiger partial charge >= 0.3 is 5.97 Å². The van der Waals surface area contributed by atoms with Gasteiger partial charge in [0.2, 0.25) is 0 Å². The molecule has 2 unspecified atom stereocenters. The third kappa shape index (κ3) is 3.06. The molecule has 1 N–H and O–H groups in total. The molecule has 0 radical (unpaired) electrons. The molecule has 2 heterocycles. The molecule has 0 bridgehead atoms. The van der Waals surface area contributed by atoms with Crippen molar-refractivity contribution in [3.8, 4) is 0 Å². The molecule has 6 heteroatoms. The quantitative estimate of drug-likeness (QED) is 0.858. The van der Waals surface area contributed by atoms with E-state index in [0.717, 1.165) is 18.1 Å². The Kier molecular flexibility index (Phi) is 4.42. The van der Waals surface area contributed by atoms with Gasteiger partial charge < -0.3 is 14.7 Å². The fourth-order valence-electron chi connectivity index (χ4n) is 2.13. The summed E-state index contributed by atoms with van der Waals surface area (Å²) in [6, 6.07) is 0. The van der Waals surface area contributed by atoms with Gasteiger partial charge in [0.1, 0.15) is 4.88 Å². The van der Waals surface area contributed by atoms with Crippen LogP contribution in [0.1, 0.15) is 35.6 Å². The van der Waals surface area contributed by atoms with E-state index in [4.69, 9.17) is 4.74 Å². The van der Waals surface area contributed by atoms with Gasteiger partial charge in [0.15, 0.2) is 5.13 Å². The molecule has 1 aliphatic heterocycles. The zero-order valence-electron chi connectivity index (χ0n) is 11.5. The number of aryl methyl sites for hydroxylation is 1. The number of aliphatic hydroxyl groups excluding tert-OH is 1. The van der Waals surface area contributed by atoms with Crippen LogP contribution in [0.25, 0.3) is 0 Å². The predicted octanol–water partition coefficient (Wildman–Crippen LogP) is 1.84. The number of hydrogen-bond acceptors (Lipinski definition) is 6. The van der Waals surface area contributed by atoms with E-state index in [-0.39, 0.29) is 12.1 Å². The van der Waals surface area contributed by atoms with Gasteiger partial charge in [-0.05, 0) is 26.2 Å². The molecular formula is C13H20N2O3S. The zero-order chi connectivity index (χ0) is 14.0. The van der Waals surface area contributed by atoms with Gasteiger partial charge in [0.25, 0.3) is 0 Å². The lowest BCUT2D eigenvalue weighted by Crippen LogP contribution is -2.42.